The number of carbonyl (C=O) groups excluding carboxylic acids is 1. The third-order valence-electron chi connectivity index (χ3n) is 6.10. The Hall–Kier alpha value is -4.57. The van der Waals surface area contributed by atoms with Gasteiger partial charge in [-0.25, -0.2) is 9.37 Å². The van der Waals surface area contributed by atoms with Crippen molar-refractivity contribution in [1.29, 1.82) is 0 Å². The minimum Gasteiger partial charge on any atom is -0.383 e. The third-order valence-corrected chi connectivity index (χ3v) is 6.10. The van der Waals surface area contributed by atoms with E-state index in [1.165, 1.54) is 6.08 Å². The van der Waals surface area contributed by atoms with Crippen LogP contribution in [0, 0.1) is 0 Å². The van der Waals surface area contributed by atoms with E-state index < -0.39 is 0 Å². The van der Waals surface area contributed by atoms with Crippen LogP contribution in [-0.4, -0.2) is 58.1 Å². The molecule has 1 saturated heterocycles. The first-order valence-corrected chi connectivity index (χ1v) is 11.9. The molecule has 3 heterocycles. The molecular formula is C27H27FN8O. The minimum atomic E-state index is -0.313. The molecule has 5 rings (SSSR count). The van der Waals surface area contributed by atoms with Crippen molar-refractivity contribution in [2.45, 2.75) is 6.04 Å². The van der Waals surface area contributed by atoms with Crippen molar-refractivity contribution in [3.8, 4) is 11.3 Å². The minimum absolute atomic E-state index is 0.297. The van der Waals surface area contributed by atoms with Gasteiger partial charge in [0.05, 0.1) is 11.7 Å². The van der Waals surface area contributed by atoms with Crippen LogP contribution in [0.2, 0.25) is 0 Å². The highest BCUT2D eigenvalue weighted by Crippen LogP contribution is 2.30. The van der Waals surface area contributed by atoms with Crippen LogP contribution in [-0.2, 0) is 4.79 Å². The molecule has 1 fully saturated rings. The summed E-state index contributed by atoms with van der Waals surface area (Å²) < 4.78 is 12.4. The molecule has 1 aliphatic rings. The van der Waals surface area contributed by atoms with E-state index in [1.54, 1.807) is 18.3 Å². The lowest BCUT2D eigenvalue weighted by Gasteiger charge is -2.39. The number of carbonyl (C=O) groups is 1. The van der Waals surface area contributed by atoms with Crippen molar-refractivity contribution in [3.63, 3.8) is 0 Å². The number of nitrogen functional groups attached to an aromatic ring is 1. The van der Waals surface area contributed by atoms with Crippen molar-refractivity contribution >= 4 is 45.6 Å². The summed E-state index contributed by atoms with van der Waals surface area (Å²) in [5.41, 5.74) is 10.7. The number of alkyl halides is 1. The van der Waals surface area contributed by atoms with Crippen LogP contribution >= 0.6 is 0 Å². The molecule has 0 unspecified atom stereocenters. The summed E-state index contributed by atoms with van der Waals surface area (Å²) in [5, 5.41) is 10.1. The zero-order valence-corrected chi connectivity index (χ0v) is 20.1. The first-order chi connectivity index (χ1) is 18.0. The van der Waals surface area contributed by atoms with Gasteiger partial charge in [-0.1, -0.05) is 18.7 Å². The second-order valence-electron chi connectivity index (χ2n) is 8.75. The summed E-state index contributed by atoms with van der Waals surface area (Å²) in [4.78, 5) is 27.5. The fourth-order valence-electron chi connectivity index (χ4n) is 4.26. The number of nitrogens with two attached hydrogens (primary N) is 1. The fraction of sp³-hybridized carbons (Fsp3) is 0.185. The Balaban J connectivity index is 1.36. The maximum Gasteiger partial charge on any atom is 0.247 e. The topological polar surface area (TPSA) is 121 Å². The second kappa shape index (κ2) is 10.6. The number of nitrogens with zero attached hydrogens (tertiary/aromatic N) is 4. The van der Waals surface area contributed by atoms with Crippen LogP contribution in [0.15, 0.2) is 73.4 Å². The van der Waals surface area contributed by atoms with E-state index in [-0.39, 0.29) is 12.6 Å². The summed E-state index contributed by atoms with van der Waals surface area (Å²) in [7, 11) is 0. The van der Waals surface area contributed by atoms with Crippen LogP contribution in [0.3, 0.4) is 0 Å². The maximum absolute atomic E-state index is 12.4. The standard InChI is InChI=1S/C27H27FN8O/c1-2-23(37)32-20-5-3-4-17(14-20)24-25-22(10-12-30-24)26(29)35-27(34-25)33-19-8-6-18(7-9-19)31-21-15-36(16-21)13-11-28/h2-10,12,14,21,31H,1,11,13,15-16H2,(H,32,37)(H3,29,33,34,35). The first-order valence-electron chi connectivity index (χ1n) is 11.9. The number of nitrogens with one attached hydrogen (secondary N) is 3. The van der Waals surface area contributed by atoms with Crippen molar-refractivity contribution < 1.29 is 9.18 Å². The van der Waals surface area contributed by atoms with E-state index in [1.807, 2.05) is 42.5 Å². The monoisotopic (exact) mass is 498 g/mol. The summed E-state index contributed by atoms with van der Waals surface area (Å²) in [6, 6.07) is 17.2. The molecule has 0 saturated carbocycles. The molecule has 0 atom stereocenters. The molecule has 4 aromatic rings. The van der Waals surface area contributed by atoms with E-state index in [2.05, 4.69) is 37.4 Å². The molecule has 2 aromatic heterocycles. The van der Waals surface area contributed by atoms with Crippen molar-refractivity contribution in [3.05, 3.63) is 73.4 Å². The molecule has 5 N–H and O–H groups in total. The number of halogens is 1. The van der Waals surface area contributed by atoms with Gasteiger partial charge in [-0.3, -0.25) is 14.7 Å². The van der Waals surface area contributed by atoms with E-state index >= 15 is 0 Å². The largest absolute Gasteiger partial charge is 0.383 e. The van der Waals surface area contributed by atoms with E-state index in [4.69, 9.17) is 10.7 Å². The number of pyridine rings is 1. The van der Waals surface area contributed by atoms with Crippen molar-refractivity contribution in [2.24, 2.45) is 0 Å². The van der Waals surface area contributed by atoms with Crippen molar-refractivity contribution in [2.75, 3.05) is 48.0 Å². The highest BCUT2D eigenvalue weighted by molar-refractivity contribution is 6.01. The maximum atomic E-state index is 12.4. The van der Waals surface area contributed by atoms with Gasteiger partial charge >= 0.3 is 0 Å². The molecule has 1 aliphatic heterocycles. The summed E-state index contributed by atoms with van der Waals surface area (Å²) in [6.07, 6.45) is 2.87. The Bertz CT molecular complexity index is 1440. The van der Waals surface area contributed by atoms with E-state index in [9.17, 15) is 9.18 Å². The van der Waals surface area contributed by atoms with Crippen LogP contribution in [0.25, 0.3) is 22.2 Å². The number of hydrogen-bond acceptors (Lipinski definition) is 8. The number of likely N-dealkylation sites (tertiary alicyclic amines) is 1. The SMILES string of the molecule is C=CC(=O)Nc1cccc(-c2nccc3c(N)nc(Nc4ccc(NC5CN(CCF)C5)cc4)nc23)c1. The number of fused-ring (bicyclic) bond motifs is 1. The summed E-state index contributed by atoms with van der Waals surface area (Å²) >= 11 is 0. The van der Waals surface area contributed by atoms with Gasteiger partial charge in [0.2, 0.25) is 11.9 Å². The molecule has 0 spiro atoms. The first kappa shape index (κ1) is 24.1. The number of rotatable bonds is 9. The predicted octanol–water partition coefficient (Wildman–Crippen LogP) is 4.21. The Morgan fingerprint density at radius 1 is 1.11 bits per heavy atom. The Kier molecular flexibility index (Phi) is 6.91. The van der Waals surface area contributed by atoms with Gasteiger partial charge in [0.15, 0.2) is 0 Å². The number of hydrogen-bond donors (Lipinski definition) is 4. The van der Waals surface area contributed by atoms with Crippen LogP contribution < -0.4 is 21.7 Å². The zero-order valence-electron chi connectivity index (χ0n) is 20.1. The molecule has 188 valence electrons. The molecule has 0 bridgehead atoms. The van der Waals surface area contributed by atoms with E-state index in [0.29, 0.717) is 46.6 Å². The predicted molar refractivity (Wildman–Crippen MR) is 146 cm³/mol. The van der Waals surface area contributed by atoms with Crippen LogP contribution in [0.1, 0.15) is 0 Å². The molecular weight excluding hydrogens is 471 g/mol. The quantitative estimate of drug-likeness (QED) is 0.253. The zero-order chi connectivity index (χ0) is 25.8. The Morgan fingerprint density at radius 3 is 2.65 bits per heavy atom. The highest BCUT2D eigenvalue weighted by atomic mass is 19.1. The number of aromatic nitrogens is 3. The van der Waals surface area contributed by atoms with Gasteiger partial charge < -0.3 is 21.7 Å². The average molecular weight is 499 g/mol. The fourth-order valence-corrected chi connectivity index (χ4v) is 4.26. The van der Waals surface area contributed by atoms with Crippen LogP contribution in [0.5, 0.6) is 0 Å². The smallest absolute Gasteiger partial charge is 0.247 e. The van der Waals surface area contributed by atoms with Gasteiger partial charge in [0.1, 0.15) is 18.0 Å². The van der Waals surface area contributed by atoms with Crippen LogP contribution in [0.4, 0.5) is 33.2 Å². The Labute approximate surface area is 213 Å². The van der Waals surface area contributed by atoms with Crippen molar-refractivity contribution in [1.82, 2.24) is 19.9 Å². The lowest BCUT2D eigenvalue weighted by atomic mass is 10.1. The molecule has 0 aliphatic carbocycles. The lowest BCUT2D eigenvalue weighted by Crippen LogP contribution is -2.55. The molecule has 1 amide bonds. The summed E-state index contributed by atoms with van der Waals surface area (Å²) in [5.74, 6) is 0.374. The molecule has 37 heavy (non-hydrogen) atoms. The average Bonchev–Trinajstić information content (AvgIpc) is 2.88. The molecule has 9 nitrogen and oxygen atoms in total. The highest BCUT2D eigenvalue weighted by Gasteiger charge is 2.25. The van der Waals surface area contributed by atoms with Gasteiger partial charge in [0, 0.05) is 53.8 Å². The third kappa shape index (κ3) is 5.49. The number of anilines is 5. The van der Waals surface area contributed by atoms with Gasteiger partial charge in [-0.15, -0.1) is 0 Å². The van der Waals surface area contributed by atoms with Gasteiger partial charge in [0.25, 0.3) is 0 Å². The number of amides is 1. The van der Waals surface area contributed by atoms with Gasteiger partial charge in [-0.05, 0) is 48.5 Å². The summed E-state index contributed by atoms with van der Waals surface area (Å²) in [6.45, 7) is 5.35. The van der Waals surface area contributed by atoms with Gasteiger partial charge in [-0.2, -0.15) is 4.98 Å². The Morgan fingerprint density at radius 2 is 1.89 bits per heavy atom. The second-order valence-corrected chi connectivity index (χ2v) is 8.75. The molecule has 0 radical (unpaired) electrons. The lowest BCUT2D eigenvalue weighted by molar-refractivity contribution is -0.111. The molecule has 2 aromatic carbocycles. The van der Waals surface area contributed by atoms with E-state index in [0.717, 1.165) is 30.0 Å². The molecule has 10 heteroatoms. The normalized spacial score (nSPS) is 13.6. The number of benzene rings is 2.